The maximum absolute atomic E-state index is 11.8. The van der Waals surface area contributed by atoms with Gasteiger partial charge in [0, 0.05) is 6.07 Å². The molecule has 2 rings (SSSR count). The van der Waals surface area contributed by atoms with E-state index in [1.165, 1.54) is 30.3 Å². The molecule has 0 amide bonds. The third-order valence-electron chi connectivity index (χ3n) is 2.50. The summed E-state index contributed by atoms with van der Waals surface area (Å²) in [5.74, 6) is -1.34. The molecule has 0 radical (unpaired) electrons. The van der Waals surface area contributed by atoms with E-state index in [1.807, 2.05) is 0 Å². The first-order valence-corrected chi connectivity index (χ1v) is 6.87. The van der Waals surface area contributed by atoms with Crippen LogP contribution in [0.2, 0.25) is 4.34 Å². The number of carbonyl (C=O) groups is 2. The first-order valence-electron chi connectivity index (χ1n) is 5.68. The number of carbonyl (C=O) groups excluding carboxylic acids is 2. The van der Waals surface area contributed by atoms with Crippen molar-refractivity contribution in [1.29, 1.82) is 0 Å². The van der Waals surface area contributed by atoms with Gasteiger partial charge in [-0.3, -0.25) is 14.9 Å². The van der Waals surface area contributed by atoms with Crippen molar-refractivity contribution in [3.8, 4) is 0 Å². The van der Waals surface area contributed by atoms with Gasteiger partial charge < -0.3 is 4.74 Å². The Kier molecular flexibility index (Phi) is 4.66. The lowest BCUT2D eigenvalue weighted by molar-refractivity contribution is -0.385. The van der Waals surface area contributed by atoms with Gasteiger partial charge in [-0.2, -0.15) is 0 Å². The van der Waals surface area contributed by atoms with E-state index in [2.05, 4.69) is 0 Å². The van der Waals surface area contributed by atoms with E-state index in [4.69, 9.17) is 16.3 Å². The zero-order valence-electron chi connectivity index (χ0n) is 10.4. The fourth-order valence-electron chi connectivity index (χ4n) is 1.55. The maximum atomic E-state index is 11.8. The number of rotatable bonds is 5. The Morgan fingerprint density at radius 2 is 1.95 bits per heavy atom. The highest BCUT2D eigenvalue weighted by molar-refractivity contribution is 7.18. The maximum Gasteiger partial charge on any atom is 0.345 e. The molecule has 0 unspecified atom stereocenters. The number of Topliss-reactive ketones (excluding diaryl/α,β-unsaturated/α-hetero) is 1. The Bertz CT molecular complexity index is 712. The average molecular weight is 326 g/mol. The molecule has 0 saturated heterocycles. The fraction of sp³-hybridized carbons (Fsp3) is 0.0769. The number of nitro groups is 1. The standard InChI is InChI=1S/C13H8ClNO5S/c14-12-6-5-11(21-12)10(16)7-20-13(17)8-3-1-2-4-9(8)15(18)19/h1-6H,7H2. The van der Waals surface area contributed by atoms with Crippen molar-refractivity contribution >= 4 is 40.4 Å². The van der Waals surface area contributed by atoms with Gasteiger partial charge in [-0.1, -0.05) is 23.7 Å². The fourth-order valence-corrected chi connectivity index (χ4v) is 2.52. The summed E-state index contributed by atoms with van der Waals surface area (Å²) in [6.07, 6.45) is 0. The normalized spacial score (nSPS) is 10.1. The molecule has 1 aromatic carbocycles. The molecule has 1 heterocycles. The number of halogens is 1. The summed E-state index contributed by atoms with van der Waals surface area (Å²) < 4.78 is 5.26. The minimum atomic E-state index is -0.918. The number of nitrogens with zero attached hydrogens (tertiary/aromatic N) is 1. The number of benzene rings is 1. The van der Waals surface area contributed by atoms with E-state index in [1.54, 1.807) is 6.07 Å². The van der Waals surface area contributed by atoms with E-state index >= 15 is 0 Å². The third kappa shape index (κ3) is 3.65. The number of esters is 1. The van der Waals surface area contributed by atoms with Crippen LogP contribution in [0.5, 0.6) is 0 Å². The van der Waals surface area contributed by atoms with Gasteiger partial charge in [0.2, 0.25) is 5.78 Å². The smallest absolute Gasteiger partial charge is 0.345 e. The van der Waals surface area contributed by atoms with Crippen molar-refractivity contribution in [3.05, 3.63) is 61.3 Å². The largest absolute Gasteiger partial charge is 0.453 e. The highest BCUT2D eigenvalue weighted by atomic mass is 35.5. The molecule has 21 heavy (non-hydrogen) atoms. The van der Waals surface area contributed by atoms with Crippen molar-refractivity contribution in [2.45, 2.75) is 0 Å². The van der Waals surface area contributed by atoms with Crippen molar-refractivity contribution in [1.82, 2.24) is 0 Å². The third-order valence-corrected chi connectivity index (χ3v) is 3.78. The van der Waals surface area contributed by atoms with Crippen molar-refractivity contribution in [3.63, 3.8) is 0 Å². The number of para-hydroxylation sites is 1. The Balaban J connectivity index is 2.06. The highest BCUT2D eigenvalue weighted by Gasteiger charge is 2.21. The summed E-state index contributed by atoms with van der Waals surface area (Å²) in [6, 6.07) is 8.46. The molecule has 0 spiro atoms. The summed E-state index contributed by atoms with van der Waals surface area (Å²) in [7, 11) is 0. The number of nitro benzene ring substituents is 1. The van der Waals surface area contributed by atoms with Crippen LogP contribution in [0, 0.1) is 10.1 Å². The number of thiophene rings is 1. The molecule has 6 nitrogen and oxygen atoms in total. The monoisotopic (exact) mass is 325 g/mol. The van der Waals surface area contributed by atoms with Crippen LogP contribution in [0.3, 0.4) is 0 Å². The predicted octanol–water partition coefficient (Wildman–Crippen LogP) is 3.35. The first kappa shape index (κ1) is 15.1. The molecule has 108 valence electrons. The van der Waals surface area contributed by atoms with Crippen LogP contribution in [0.1, 0.15) is 20.0 Å². The molecular weight excluding hydrogens is 318 g/mol. The number of ketones is 1. The van der Waals surface area contributed by atoms with Gasteiger partial charge in [0.05, 0.1) is 14.1 Å². The second-order valence-electron chi connectivity index (χ2n) is 3.88. The summed E-state index contributed by atoms with van der Waals surface area (Å²) in [4.78, 5) is 34.0. The molecular formula is C13H8ClNO5S. The SMILES string of the molecule is O=C(COC(=O)c1ccccc1[N+](=O)[O-])c1ccc(Cl)s1. The van der Waals surface area contributed by atoms with Crippen molar-refractivity contribution < 1.29 is 19.2 Å². The average Bonchev–Trinajstić information content (AvgIpc) is 2.91. The molecule has 0 atom stereocenters. The summed E-state index contributed by atoms with van der Waals surface area (Å²) in [5, 5.41) is 10.8. The van der Waals surface area contributed by atoms with Gasteiger partial charge in [0.1, 0.15) is 5.56 Å². The highest BCUT2D eigenvalue weighted by Crippen LogP contribution is 2.22. The molecule has 0 aliphatic heterocycles. The molecule has 0 aliphatic carbocycles. The quantitative estimate of drug-likeness (QED) is 0.364. The van der Waals surface area contributed by atoms with Crippen LogP contribution in [-0.4, -0.2) is 23.3 Å². The minimum Gasteiger partial charge on any atom is -0.453 e. The number of ether oxygens (including phenoxy) is 1. The van der Waals surface area contributed by atoms with Crippen LogP contribution in [0.4, 0.5) is 5.69 Å². The van der Waals surface area contributed by atoms with Gasteiger partial charge in [-0.05, 0) is 18.2 Å². The van der Waals surface area contributed by atoms with E-state index in [0.717, 1.165) is 11.3 Å². The zero-order valence-corrected chi connectivity index (χ0v) is 12.0. The Morgan fingerprint density at radius 3 is 2.57 bits per heavy atom. The van der Waals surface area contributed by atoms with Crippen molar-refractivity contribution in [2.75, 3.05) is 6.61 Å². The van der Waals surface area contributed by atoms with Gasteiger partial charge in [-0.25, -0.2) is 4.79 Å². The van der Waals surface area contributed by atoms with Crippen LogP contribution in [0.25, 0.3) is 0 Å². The summed E-state index contributed by atoms with van der Waals surface area (Å²) >= 11 is 6.77. The lowest BCUT2D eigenvalue weighted by atomic mass is 10.2. The molecule has 8 heteroatoms. The first-order chi connectivity index (χ1) is 9.99. The number of hydrogen-bond donors (Lipinski definition) is 0. The molecule has 0 saturated carbocycles. The Morgan fingerprint density at radius 1 is 1.24 bits per heavy atom. The minimum absolute atomic E-state index is 0.195. The second kappa shape index (κ2) is 6.47. The van der Waals surface area contributed by atoms with Crippen LogP contribution in [0.15, 0.2) is 36.4 Å². The second-order valence-corrected chi connectivity index (χ2v) is 5.59. The zero-order chi connectivity index (χ0) is 15.4. The Labute approximate surface area is 128 Å². The van der Waals surface area contributed by atoms with E-state index in [0.29, 0.717) is 9.21 Å². The molecule has 0 N–H and O–H groups in total. The Hall–Kier alpha value is -2.25. The van der Waals surface area contributed by atoms with Gasteiger partial charge in [0.15, 0.2) is 6.61 Å². The van der Waals surface area contributed by atoms with Gasteiger partial charge in [0.25, 0.3) is 5.69 Å². The van der Waals surface area contributed by atoms with E-state index in [9.17, 15) is 19.7 Å². The van der Waals surface area contributed by atoms with Crippen LogP contribution >= 0.6 is 22.9 Å². The predicted molar refractivity (Wildman–Crippen MR) is 77.0 cm³/mol. The van der Waals surface area contributed by atoms with Crippen LogP contribution < -0.4 is 0 Å². The molecule has 0 bridgehead atoms. The van der Waals surface area contributed by atoms with Gasteiger partial charge in [-0.15, -0.1) is 11.3 Å². The van der Waals surface area contributed by atoms with Gasteiger partial charge >= 0.3 is 5.97 Å². The molecule has 2 aromatic rings. The molecule has 0 fully saturated rings. The lowest BCUT2D eigenvalue weighted by Crippen LogP contribution is -2.14. The molecule has 0 aliphatic rings. The number of hydrogen-bond acceptors (Lipinski definition) is 6. The molecule has 1 aromatic heterocycles. The van der Waals surface area contributed by atoms with Crippen LogP contribution in [-0.2, 0) is 4.74 Å². The summed E-state index contributed by atoms with van der Waals surface area (Å²) in [6.45, 7) is -0.498. The topological polar surface area (TPSA) is 86.5 Å². The van der Waals surface area contributed by atoms with E-state index in [-0.39, 0.29) is 11.3 Å². The van der Waals surface area contributed by atoms with Crippen molar-refractivity contribution in [2.24, 2.45) is 0 Å². The lowest BCUT2D eigenvalue weighted by Gasteiger charge is -2.03. The van der Waals surface area contributed by atoms with E-state index < -0.39 is 23.3 Å². The summed E-state index contributed by atoms with van der Waals surface area (Å²) in [5.41, 5.74) is -0.561.